The Morgan fingerprint density at radius 1 is 0.966 bits per heavy atom. The highest BCUT2D eigenvalue weighted by atomic mass is 16.5. The fourth-order valence-corrected chi connectivity index (χ4v) is 3.69. The lowest BCUT2D eigenvalue weighted by Crippen LogP contribution is -2.50. The molecule has 0 aromatic heterocycles. The fraction of sp³-hybridized carbons (Fsp3) is 0.417. The summed E-state index contributed by atoms with van der Waals surface area (Å²) in [5, 5.41) is 0. The molecule has 1 aliphatic heterocycles. The first kappa shape index (κ1) is 20.9. The van der Waals surface area contributed by atoms with Crippen LogP contribution in [0.15, 0.2) is 48.5 Å². The van der Waals surface area contributed by atoms with Crippen molar-refractivity contribution in [2.45, 2.75) is 33.1 Å². The van der Waals surface area contributed by atoms with Crippen LogP contribution >= 0.6 is 0 Å². The number of rotatable bonds is 7. The summed E-state index contributed by atoms with van der Waals surface area (Å²) in [6, 6.07) is 15.8. The Labute approximate surface area is 173 Å². The van der Waals surface area contributed by atoms with Crippen molar-refractivity contribution in [3.8, 4) is 5.75 Å². The van der Waals surface area contributed by atoms with Gasteiger partial charge in [0, 0.05) is 38.2 Å². The lowest BCUT2D eigenvalue weighted by atomic mass is 10.1. The van der Waals surface area contributed by atoms with Crippen LogP contribution in [-0.2, 0) is 11.2 Å². The SMILES string of the molecule is CCOc1ccc(C(=O)N2CCN(C(=O)CCCc3ccccc3)CC2)cc1C. The van der Waals surface area contributed by atoms with E-state index in [1.165, 1.54) is 5.56 Å². The Balaban J connectivity index is 1.46. The van der Waals surface area contributed by atoms with Crippen LogP contribution in [0.2, 0.25) is 0 Å². The number of piperazine rings is 1. The first-order valence-electron chi connectivity index (χ1n) is 10.4. The van der Waals surface area contributed by atoms with Crippen LogP contribution in [0, 0.1) is 6.92 Å². The third-order valence-corrected chi connectivity index (χ3v) is 5.34. The lowest BCUT2D eigenvalue weighted by Gasteiger charge is -2.35. The molecule has 2 amide bonds. The Kier molecular flexibility index (Phi) is 7.28. The molecule has 5 heteroatoms. The molecule has 0 atom stereocenters. The second kappa shape index (κ2) is 10.1. The average Bonchev–Trinajstić information content (AvgIpc) is 2.75. The topological polar surface area (TPSA) is 49.9 Å². The van der Waals surface area contributed by atoms with Gasteiger partial charge in [0.1, 0.15) is 5.75 Å². The van der Waals surface area contributed by atoms with E-state index in [9.17, 15) is 9.59 Å². The number of hydrogen-bond donors (Lipinski definition) is 0. The zero-order chi connectivity index (χ0) is 20.6. The largest absolute Gasteiger partial charge is 0.494 e. The molecule has 29 heavy (non-hydrogen) atoms. The maximum atomic E-state index is 12.8. The van der Waals surface area contributed by atoms with Crippen molar-refractivity contribution in [1.29, 1.82) is 0 Å². The fourth-order valence-electron chi connectivity index (χ4n) is 3.69. The molecule has 1 heterocycles. The van der Waals surface area contributed by atoms with E-state index >= 15 is 0 Å². The Morgan fingerprint density at radius 2 is 1.66 bits per heavy atom. The zero-order valence-electron chi connectivity index (χ0n) is 17.4. The molecule has 0 unspecified atom stereocenters. The van der Waals surface area contributed by atoms with Crippen molar-refractivity contribution in [3.05, 3.63) is 65.2 Å². The van der Waals surface area contributed by atoms with Gasteiger partial charge in [-0.05, 0) is 56.0 Å². The molecule has 3 rings (SSSR count). The van der Waals surface area contributed by atoms with E-state index in [4.69, 9.17) is 4.74 Å². The minimum Gasteiger partial charge on any atom is -0.494 e. The van der Waals surface area contributed by atoms with E-state index in [1.54, 1.807) is 0 Å². The van der Waals surface area contributed by atoms with Crippen molar-refractivity contribution in [2.75, 3.05) is 32.8 Å². The van der Waals surface area contributed by atoms with Crippen LogP contribution in [0.3, 0.4) is 0 Å². The van der Waals surface area contributed by atoms with Crippen LogP contribution in [0.1, 0.15) is 41.3 Å². The van der Waals surface area contributed by atoms with Gasteiger partial charge in [0.05, 0.1) is 6.61 Å². The summed E-state index contributed by atoms with van der Waals surface area (Å²) in [5.74, 6) is 1.02. The van der Waals surface area contributed by atoms with E-state index in [1.807, 2.05) is 60.0 Å². The van der Waals surface area contributed by atoms with E-state index in [0.29, 0.717) is 44.8 Å². The standard InChI is InChI=1S/C24H30N2O3/c1-3-29-22-13-12-21(18-19(22)2)24(28)26-16-14-25(15-17-26)23(27)11-7-10-20-8-5-4-6-9-20/h4-6,8-9,12-13,18H,3,7,10-11,14-17H2,1-2H3. The van der Waals surface area contributed by atoms with Gasteiger partial charge >= 0.3 is 0 Å². The summed E-state index contributed by atoms with van der Waals surface area (Å²) in [4.78, 5) is 29.0. The highest BCUT2D eigenvalue weighted by Crippen LogP contribution is 2.20. The molecule has 0 spiro atoms. The smallest absolute Gasteiger partial charge is 0.253 e. The minimum atomic E-state index is 0.0207. The third-order valence-electron chi connectivity index (χ3n) is 5.34. The summed E-state index contributed by atoms with van der Waals surface area (Å²) < 4.78 is 5.55. The van der Waals surface area contributed by atoms with Gasteiger partial charge in [0.15, 0.2) is 0 Å². The second-order valence-corrected chi connectivity index (χ2v) is 7.43. The molecule has 2 aromatic rings. The molecule has 0 bridgehead atoms. The Hall–Kier alpha value is -2.82. The molecule has 0 N–H and O–H groups in total. The van der Waals surface area contributed by atoms with Gasteiger partial charge in [-0.15, -0.1) is 0 Å². The minimum absolute atomic E-state index is 0.0207. The number of benzene rings is 2. The Morgan fingerprint density at radius 3 is 2.31 bits per heavy atom. The van der Waals surface area contributed by atoms with E-state index in [0.717, 1.165) is 24.2 Å². The van der Waals surface area contributed by atoms with Gasteiger partial charge in [0.25, 0.3) is 5.91 Å². The zero-order valence-corrected chi connectivity index (χ0v) is 17.4. The van der Waals surface area contributed by atoms with E-state index in [2.05, 4.69) is 12.1 Å². The van der Waals surface area contributed by atoms with E-state index in [-0.39, 0.29) is 11.8 Å². The molecular weight excluding hydrogens is 364 g/mol. The molecule has 0 aliphatic carbocycles. The van der Waals surface area contributed by atoms with Crippen molar-refractivity contribution >= 4 is 11.8 Å². The molecule has 1 fully saturated rings. The van der Waals surface area contributed by atoms with Crippen LogP contribution in [0.5, 0.6) is 5.75 Å². The highest BCUT2D eigenvalue weighted by Gasteiger charge is 2.24. The average molecular weight is 395 g/mol. The van der Waals surface area contributed by atoms with Crippen molar-refractivity contribution in [2.24, 2.45) is 0 Å². The number of carbonyl (C=O) groups excluding carboxylic acids is 2. The number of carbonyl (C=O) groups is 2. The molecular formula is C24H30N2O3. The maximum Gasteiger partial charge on any atom is 0.253 e. The lowest BCUT2D eigenvalue weighted by molar-refractivity contribution is -0.132. The van der Waals surface area contributed by atoms with Gasteiger partial charge in [0.2, 0.25) is 5.91 Å². The van der Waals surface area contributed by atoms with Gasteiger partial charge in [-0.2, -0.15) is 0 Å². The van der Waals surface area contributed by atoms with Crippen LogP contribution in [0.4, 0.5) is 0 Å². The van der Waals surface area contributed by atoms with E-state index < -0.39 is 0 Å². The van der Waals surface area contributed by atoms with Crippen LogP contribution < -0.4 is 4.74 Å². The monoisotopic (exact) mass is 394 g/mol. The van der Waals surface area contributed by atoms with Crippen molar-refractivity contribution < 1.29 is 14.3 Å². The van der Waals surface area contributed by atoms with Gasteiger partial charge in [-0.1, -0.05) is 30.3 Å². The molecule has 154 valence electrons. The predicted molar refractivity (Wildman–Crippen MR) is 114 cm³/mol. The Bertz CT molecular complexity index is 827. The first-order valence-corrected chi connectivity index (χ1v) is 10.4. The number of ether oxygens (including phenoxy) is 1. The van der Waals surface area contributed by atoms with Crippen LogP contribution in [0.25, 0.3) is 0 Å². The summed E-state index contributed by atoms with van der Waals surface area (Å²) in [6.07, 6.45) is 2.33. The summed E-state index contributed by atoms with van der Waals surface area (Å²) >= 11 is 0. The molecule has 5 nitrogen and oxygen atoms in total. The van der Waals surface area contributed by atoms with Crippen molar-refractivity contribution in [3.63, 3.8) is 0 Å². The van der Waals surface area contributed by atoms with Crippen molar-refractivity contribution in [1.82, 2.24) is 9.80 Å². The van der Waals surface area contributed by atoms with Crippen LogP contribution in [-0.4, -0.2) is 54.4 Å². The number of amides is 2. The molecule has 1 saturated heterocycles. The summed E-state index contributed by atoms with van der Waals surface area (Å²) in [5.41, 5.74) is 2.90. The number of aryl methyl sites for hydroxylation is 2. The van der Waals surface area contributed by atoms with Gasteiger partial charge in [-0.25, -0.2) is 0 Å². The molecule has 1 aliphatic rings. The second-order valence-electron chi connectivity index (χ2n) is 7.43. The molecule has 0 radical (unpaired) electrons. The van der Waals surface area contributed by atoms with Gasteiger partial charge in [-0.3, -0.25) is 9.59 Å². The molecule has 0 saturated carbocycles. The summed E-state index contributed by atoms with van der Waals surface area (Å²) in [7, 11) is 0. The predicted octanol–water partition coefficient (Wildman–Crippen LogP) is 3.70. The first-order chi connectivity index (χ1) is 14.1. The number of nitrogens with zero attached hydrogens (tertiary/aromatic N) is 2. The highest BCUT2D eigenvalue weighted by molar-refractivity contribution is 5.94. The number of hydrogen-bond acceptors (Lipinski definition) is 3. The van der Waals surface area contributed by atoms with Gasteiger partial charge < -0.3 is 14.5 Å². The maximum absolute atomic E-state index is 12.8. The normalized spacial score (nSPS) is 14.0. The third kappa shape index (κ3) is 5.59. The molecule has 2 aromatic carbocycles. The summed E-state index contributed by atoms with van der Waals surface area (Å²) in [6.45, 7) is 6.87. The quantitative estimate of drug-likeness (QED) is 0.719.